The van der Waals surface area contributed by atoms with Crippen LogP contribution in [0.2, 0.25) is 0 Å². The number of hydrogen-bond donors (Lipinski definition) is 2. The van der Waals surface area contributed by atoms with Gasteiger partial charge in [-0.1, -0.05) is 19.9 Å². The first-order valence-electron chi connectivity index (χ1n) is 5.72. The molecule has 0 spiro atoms. The van der Waals surface area contributed by atoms with Gasteiger partial charge in [0.25, 0.3) is 0 Å². The highest BCUT2D eigenvalue weighted by Gasteiger charge is 2.07. The van der Waals surface area contributed by atoms with Crippen LogP contribution in [-0.4, -0.2) is 19.7 Å². The van der Waals surface area contributed by atoms with Crippen molar-refractivity contribution in [1.29, 1.82) is 0 Å². The number of rotatable bonds is 4. The minimum Gasteiger partial charge on any atom is -0.495 e. The summed E-state index contributed by atoms with van der Waals surface area (Å²) in [6.07, 6.45) is 0. The van der Waals surface area contributed by atoms with E-state index < -0.39 is 0 Å². The second kappa shape index (κ2) is 6.13. The number of carbonyl (C=O) groups is 1. The molecule has 0 aliphatic rings. The molecule has 4 heteroatoms. The summed E-state index contributed by atoms with van der Waals surface area (Å²) in [5, 5.41) is 5.56. The van der Waals surface area contributed by atoms with Crippen molar-refractivity contribution in [3.8, 4) is 5.75 Å². The van der Waals surface area contributed by atoms with Crippen molar-refractivity contribution >= 4 is 11.7 Å². The quantitative estimate of drug-likeness (QED) is 0.844. The van der Waals surface area contributed by atoms with Crippen LogP contribution in [0.1, 0.15) is 19.4 Å². The molecule has 0 aliphatic carbocycles. The molecule has 1 aromatic carbocycles. The largest absolute Gasteiger partial charge is 0.495 e. The number of aryl methyl sites for hydroxylation is 1. The van der Waals surface area contributed by atoms with Gasteiger partial charge >= 0.3 is 6.03 Å². The number of methoxy groups -OCH3 is 1. The SMILES string of the molecule is COc1cc(C)ccc1NC(=O)NCC(C)C. The molecular weight excluding hydrogens is 216 g/mol. The molecule has 1 rings (SSSR count). The Balaban J connectivity index is 2.64. The fourth-order valence-corrected chi connectivity index (χ4v) is 1.37. The molecule has 0 aromatic heterocycles. The number of amides is 2. The van der Waals surface area contributed by atoms with Crippen LogP contribution in [0.25, 0.3) is 0 Å². The van der Waals surface area contributed by atoms with Crippen molar-refractivity contribution < 1.29 is 9.53 Å². The summed E-state index contributed by atoms with van der Waals surface area (Å²) in [4.78, 5) is 11.6. The van der Waals surface area contributed by atoms with E-state index in [2.05, 4.69) is 10.6 Å². The Hall–Kier alpha value is -1.71. The summed E-state index contributed by atoms with van der Waals surface area (Å²) in [7, 11) is 1.59. The van der Waals surface area contributed by atoms with Gasteiger partial charge in [-0.2, -0.15) is 0 Å². The highest BCUT2D eigenvalue weighted by molar-refractivity contribution is 5.90. The Morgan fingerprint density at radius 1 is 1.41 bits per heavy atom. The number of urea groups is 1. The van der Waals surface area contributed by atoms with Crippen molar-refractivity contribution in [3.63, 3.8) is 0 Å². The Morgan fingerprint density at radius 2 is 2.12 bits per heavy atom. The molecule has 0 radical (unpaired) electrons. The minimum atomic E-state index is -0.208. The number of carbonyl (C=O) groups excluding carboxylic acids is 1. The first kappa shape index (κ1) is 13.4. The van der Waals surface area contributed by atoms with Crippen LogP contribution >= 0.6 is 0 Å². The maximum absolute atomic E-state index is 11.6. The van der Waals surface area contributed by atoms with Crippen LogP contribution < -0.4 is 15.4 Å². The van der Waals surface area contributed by atoms with E-state index in [1.165, 1.54) is 0 Å². The molecule has 2 N–H and O–H groups in total. The van der Waals surface area contributed by atoms with Gasteiger partial charge in [0, 0.05) is 6.54 Å². The van der Waals surface area contributed by atoms with Gasteiger partial charge in [0.05, 0.1) is 12.8 Å². The summed E-state index contributed by atoms with van der Waals surface area (Å²) in [6, 6.07) is 5.45. The molecule has 0 atom stereocenters. The number of benzene rings is 1. The zero-order chi connectivity index (χ0) is 12.8. The van der Waals surface area contributed by atoms with E-state index in [0.717, 1.165) is 5.56 Å². The predicted octanol–water partition coefficient (Wildman–Crippen LogP) is 2.78. The number of hydrogen-bond acceptors (Lipinski definition) is 2. The minimum absolute atomic E-state index is 0.208. The van der Waals surface area contributed by atoms with E-state index in [0.29, 0.717) is 23.9 Å². The zero-order valence-corrected chi connectivity index (χ0v) is 10.8. The maximum atomic E-state index is 11.6. The third-order valence-corrected chi connectivity index (χ3v) is 2.28. The molecule has 4 nitrogen and oxygen atoms in total. The van der Waals surface area contributed by atoms with Gasteiger partial charge in [0.1, 0.15) is 5.75 Å². The molecule has 0 bridgehead atoms. The van der Waals surface area contributed by atoms with E-state index in [9.17, 15) is 4.79 Å². The maximum Gasteiger partial charge on any atom is 0.319 e. The zero-order valence-electron chi connectivity index (χ0n) is 10.8. The lowest BCUT2D eigenvalue weighted by Crippen LogP contribution is -2.31. The number of anilines is 1. The second-order valence-electron chi connectivity index (χ2n) is 4.43. The van der Waals surface area contributed by atoms with Crippen molar-refractivity contribution in [2.45, 2.75) is 20.8 Å². The summed E-state index contributed by atoms with van der Waals surface area (Å²) in [5.41, 5.74) is 1.77. The fraction of sp³-hybridized carbons (Fsp3) is 0.462. The summed E-state index contributed by atoms with van der Waals surface area (Å²) < 4.78 is 5.21. The van der Waals surface area contributed by atoms with Gasteiger partial charge in [-0.05, 0) is 30.5 Å². The molecule has 2 amide bonds. The van der Waals surface area contributed by atoms with E-state index >= 15 is 0 Å². The Kier molecular flexibility index (Phi) is 4.82. The van der Waals surface area contributed by atoms with Gasteiger partial charge in [-0.15, -0.1) is 0 Å². The van der Waals surface area contributed by atoms with Crippen molar-refractivity contribution in [2.75, 3.05) is 19.0 Å². The average molecular weight is 236 g/mol. The first-order chi connectivity index (χ1) is 8.02. The van der Waals surface area contributed by atoms with Gasteiger partial charge < -0.3 is 15.4 Å². The first-order valence-corrected chi connectivity index (χ1v) is 5.72. The smallest absolute Gasteiger partial charge is 0.319 e. The summed E-state index contributed by atoms with van der Waals surface area (Å²) >= 11 is 0. The lowest BCUT2D eigenvalue weighted by atomic mass is 10.2. The van der Waals surface area contributed by atoms with Crippen LogP contribution in [0.4, 0.5) is 10.5 Å². The van der Waals surface area contributed by atoms with Crippen molar-refractivity contribution in [3.05, 3.63) is 23.8 Å². The lowest BCUT2D eigenvalue weighted by molar-refractivity contribution is 0.250. The van der Waals surface area contributed by atoms with Crippen LogP contribution in [-0.2, 0) is 0 Å². The molecule has 0 aliphatic heterocycles. The van der Waals surface area contributed by atoms with Gasteiger partial charge in [0.2, 0.25) is 0 Å². The molecule has 0 fully saturated rings. The topological polar surface area (TPSA) is 50.4 Å². The lowest BCUT2D eigenvalue weighted by Gasteiger charge is -2.12. The summed E-state index contributed by atoms with van der Waals surface area (Å²) in [6.45, 7) is 6.73. The number of ether oxygens (including phenoxy) is 1. The molecule has 1 aromatic rings. The predicted molar refractivity (Wildman–Crippen MR) is 69.6 cm³/mol. The molecule has 94 valence electrons. The molecule has 0 unspecified atom stereocenters. The highest BCUT2D eigenvalue weighted by Crippen LogP contribution is 2.24. The average Bonchev–Trinajstić information content (AvgIpc) is 2.28. The van der Waals surface area contributed by atoms with Crippen LogP contribution in [0, 0.1) is 12.8 Å². The van der Waals surface area contributed by atoms with E-state index in [1.807, 2.05) is 39.0 Å². The van der Waals surface area contributed by atoms with Crippen molar-refractivity contribution in [1.82, 2.24) is 5.32 Å². The third-order valence-electron chi connectivity index (χ3n) is 2.28. The third kappa shape index (κ3) is 4.34. The van der Waals surface area contributed by atoms with Gasteiger partial charge in [-0.25, -0.2) is 4.79 Å². The molecule has 0 saturated carbocycles. The Morgan fingerprint density at radius 3 is 2.71 bits per heavy atom. The molecular formula is C13H20N2O2. The van der Waals surface area contributed by atoms with Crippen molar-refractivity contribution in [2.24, 2.45) is 5.92 Å². The Bertz CT molecular complexity index is 389. The van der Waals surface area contributed by atoms with E-state index in [4.69, 9.17) is 4.74 Å². The second-order valence-corrected chi connectivity index (χ2v) is 4.43. The Labute approximate surface area is 102 Å². The normalized spacial score (nSPS) is 10.2. The highest BCUT2D eigenvalue weighted by atomic mass is 16.5. The number of nitrogens with one attached hydrogen (secondary N) is 2. The van der Waals surface area contributed by atoms with Crippen LogP contribution in [0.5, 0.6) is 5.75 Å². The standard InChI is InChI=1S/C13H20N2O2/c1-9(2)8-14-13(16)15-11-6-5-10(3)7-12(11)17-4/h5-7,9H,8H2,1-4H3,(H2,14,15,16). The van der Waals surface area contributed by atoms with E-state index in [-0.39, 0.29) is 6.03 Å². The summed E-state index contributed by atoms with van der Waals surface area (Å²) in [5.74, 6) is 1.10. The van der Waals surface area contributed by atoms with Crippen LogP contribution in [0.3, 0.4) is 0 Å². The van der Waals surface area contributed by atoms with Gasteiger partial charge in [0.15, 0.2) is 0 Å². The fourth-order valence-electron chi connectivity index (χ4n) is 1.37. The monoisotopic (exact) mass is 236 g/mol. The van der Waals surface area contributed by atoms with E-state index in [1.54, 1.807) is 7.11 Å². The molecule has 17 heavy (non-hydrogen) atoms. The van der Waals surface area contributed by atoms with Crippen LogP contribution in [0.15, 0.2) is 18.2 Å². The van der Waals surface area contributed by atoms with Gasteiger partial charge in [-0.3, -0.25) is 0 Å². The molecule has 0 heterocycles. The molecule has 0 saturated heterocycles.